The van der Waals surface area contributed by atoms with E-state index in [1.165, 1.54) is 52.8 Å². The molecule has 0 radical (unpaired) electrons. The Kier molecular flexibility index (Phi) is 5.03. The van der Waals surface area contributed by atoms with Crippen LogP contribution in [0, 0.1) is 5.92 Å². The van der Waals surface area contributed by atoms with Crippen LogP contribution in [0.15, 0.2) is 84.5 Å². The molecule has 170 valence electrons. The molecule has 7 rings (SSSR count). The molecule has 3 aliphatic rings. The minimum atomic E-state index is 0.401. The first-order valence-corrected chi connectivity index (χ1v) is 13.3. The lowest BCUT2D eigenvalue weighted by molar-refractivity contribution is 0.0898. The molecule has 2 aromatic carbocycles. The third kappa shape index (κ3) is 3.48. The number of para-hydroxylation sites is 1. The number of fused-ring (bicyclic) bond motifs is 4. The van der Waals surface area contributed by atoms with Crippen LogP contribution in [0.4, 0.5) is 0 Å². The standard InChI is InChI=1S/C30H28N2OS/c1-2-6-28-26(5-1)30(27-10-7-21(18-29(27)33-28)20-11-13-31-14-12-20)22-16-23-8-9-24(17-22)32(23)19-25-4-3-15-34-25/h1-7,10-15,18,22-24,30H,8-9,16-17,19H2. The average molecular weight is 465 g/mol. The van der Waals surface area contributed by atoms with Crippen LogP contribution < -0.4 is 4.74 Å². The molecule has 3 unspecified atom stereocenters. The van der Waals surface area contributed by atoms with E-state index in [4.69, 9.17) is 4.74 Å². The summed E-state index contributed by atoms with van der Waals surface area (Å²) in [6, 6.07) is 25.5. The molecule has 4 aromatic rings. The average Bonchev–Trinajstić information content (AvgIpc) is 3.47. The van der Waals surface area contributed by atoms with Gasteiger partial charge in [-0.3, -0.25) is 9.88 Å². The number of pyridine rings is 1. The van der Waals surface area contributed by atoms with Gasteiger partial charge < -0.3 is 4.74 Å². The van der Waals surface area contributed by atoms with Crippen LogP contribution in [0.3, 0.4) is 0 Å². The van der Waals surface area contributed by atoms with Crippen LogP contribution in [0.2, 0.25) is 0 Å². The summed E-state index contributed by atoms with van der Waals surface area (Å²) in [7, 11) is 0. The van der Waals surface area contributed by atoms with Gasteiger partial charge in [-0.1, -0.05) is 36.4 Å². The molecular weight excluding hydrogens is 436 g/mol. The minimum Gasteiger partial charge on any atom is -0.457 e. The fraction of sp³-hybridized carbons (Fsp3) is 0.300. The van der Waals surface area contributed by atoms with Crippen molar-refractivity contribution in [1.82, 2.24) is 9.88 Å². The number of hydrogen-bond donors (Lipinski definition) is 0. The predicted molar refractivity (Wildman–Crippen MR) is 137 cm³/mol. The largest absolute Gasteiger partial charge is 0.457 e. The zero-order valence-corrected chi connectivity index (χ0v) is 20.0. The molecule has 3 nitrogen and oxygen atoms in total. The maximum atomic E-state index is 6.50. The van der Waals surface area contributed by atoms with Crippen molar-refractivity contribution in [2.45, 2.75) is 50.2 Å². The molecule has 2 saturated heterocycles. The third-order valence-corrected chi connectivity index (χ3v) is 9.01. The molecule has 3 aliphatic heterocycles. The molecule has 0 N–H and O–H groups in total. The van der Waals surface area contributed by atoms with E-state index in [9.17, 15) is 0 Å². The molecule has 34 heavy (non-hydrogen) atoms. The van der Waals surface area contributed by atoms with Crippen LogP contribution >= 0.6 is 11.3 Å². The summed E-state index contributed by atoms with van der Waals surface area (Å²) in [6.07, 6.45) is 8.93. The number of rotatable bonds is 4. The Bertz CT molecular complexity index is 1290. The van der Waals surface area contributed by atoms with Crippen LogP contribution in [0.5, 0.6) is 11.5 Å². The lowest BCUT2D eigenvalue weighted by Crippen LogP contribution is -2.43. The highest BCUT2D eigenvalue weighted by atomic mass is 32.1. The molecular formula is C30H28N2OS. The molecule has 3 atom stereocenters. The lowest BCUT2D eigenvalue weighted by Gasteiger charge is -2.43. The van der Waals surface area contributed by atoms with Crippen LogP contribution in [0.25, 0.3) is 11.1 Å². The summed E-state index contributed by atoms with van der Waals surface area (Å²) in [5.74, 6) is 3.10. The molecule has 0 spiro atoms. The molecule has 0 amide bonds. The van der Waals surface area contributed by atoms with Gasteiger partial charge in [0.2, 0.25) is 0 Å². The van der Waals surface area contributed by atoms with Gasteiger partial charge in [-0.15, -0.1) is 11.3 Å². The molecule has 2 bridgehead atoms. The van der Waals surface area contributed by atoms with Gasteiger partial charge in [0.15, 0.2) is 0 Å². The van der Waals surface area contributed by atoms with Gasteiger partial charge in [-0.2, -0.15) is 0 Å². The SMILES string of the molecule is c1csc(CN2C3CCC2CC(C2c4ccccc4Oc4cc(-c5ccncc5)ccc42)C3)c1. The zero-order chi connectivity index (χ0) is 22.5. The molecule has 0 saturated carbocycles. The molecule has 0 aliphatic carbocycles. The van der Waals surface area contributed by atoms with Crippen molar-refractivity contribution in [3.63, 3.8) is 0 Å². The van der Waals surface area contributed by atoms with E-state index in [0.717, 1.165) is 18.0 Å². The van der Waals surface area contributed by atoms with Crippen molar-refractivity contribution < 1.29 is 4.74 Å². The first-order valence-electron chi connectivity index (χ1n) is 12.4. The maximum Gasteiger partial charge on any atom is 0.131 e. The monoisotopic (exact) mass is 464 g/mol. The topological polar surface area (TPSA) is 25.4 Å². The fourth-order valence-electron chi connectivity index (χ4n) is 6.66. The Hall–Kier alpha value is -2.95. The number of thiophene rings is 1. The number of aromatic nitrogens is 1. The second-order valence-corrected chi connectivity index (χ2v) is 11.0. The van der Waals surface area contributed by atoms with E-state index in [1.807, 2.05) is 23.7 Å². The van der Waals surface area contributed by atoms with Gasteiger partial charge in [0.05, 0.1) is 0 Å². The number of benzene rings is 2. The van der Waals surface area contributed by atoms with Crippen molar-refractivity contribution in [2.24, 2.45) is 5.92 Å². The Labute approximate surface area is 205 Å². The normalized spacial score (nSPS) is 25.4. The minimum absolute atomic E-state index is 0.401. The summed E-state index contributed by atoms with van der Waals surface area (Å²) in [5, 5.41) is 2.21. The van der Waals surface area contributed by atoms with Crippen molar-refractivity contribution in [3.8, 4) is 22.6 Å². The van der Waals surface area contributed by atoms with Gasteiger partial charge in [0.1, 0.15) is 11.5 Å². The first kappa shape index (κ1) is 20.4. The summed E-state index contributed by atoms with van der Waals surface area (Å²) < 4.78 is 6.50. The van der Waals surface area contributed by atoms with Crippen LogP contribution in [-0.2, 0) is 6.54 Å². The van der Waals surface area contributed by atoms with E-state index < -0.39 is 0 Å². The number of nitrogens with zero attached hydrogens (tertiary/aromatic N) is 2. The van der Waals surface area contributed by atoms with E-state index >= 15 is 0 Å². The molecule has 2 fully saturated rings. The fourth-order valence-corrected chi connectivity index (χ4v) is 7.37. The second-order valence-electron chi connectivity index (χ2n) is 9.97. The van der Waals surface area contributed by atoms with Crippen LogP contribution in [-0.4, -0.2) is 22.0 Å². The highest BCUT2D eigenvalue weighted by Gasteiger charge is 2.45. The number of hydrogen-bond acceptors (Lipinski definition) is 4. The maximum absolute atomic E-state index is 6.50. The number of ether oxygens (including phenoxy) is 1. The van der Waals surface area contributed by atoms with Gasteiger partial charge in [0.25, 0.3) is 0 Å². The Balaban J connectivity index is 1.23. The van der Waals surface area contributed by atoms with E-state index in [0.29, 0.717) is 23.9 Å². The van der Waals surface area contributed by atoms with Crippen molar-refractivity contribution >= 4 is 11.3 Å². The Morgan fingerprint density at radius 1 is 0.824 bits per heavy atom. The summed E-state index contributed by atoms with van der Waals surface area (Å²) >= 11 is 1.90. The third-order valence-electron chi connectivity index (χ3n) is 8.15. The van der Waals surface area contributed by atoms with Crippen molar-refractivity contribution in [3.05, 3.63) is 101 Å². The summed E-state index contributed by atoms with van der Waals surface area (Å²) in [5.41, 5.74) is 5.08. The second kappa shape index (κ2) is 8.37. The first-order chi connectivity index (χ1) is 16.8. The van der Waals surface area contributed by atoms with Gasteiger partial charge in [-0.05, 0) is 78.4 Å². The Morgan fingerprint density at radius 3 is 2.41 bits per heavy atom. The van der Waals surface area contributed by atoms with Crippen molar-refractivity contribution in [1.29, 1.82) is 0 Å². The molecule has 5 heterocycles. The van der Waals surface area contributed by atoms with Gasteiger partial charge in [-0.25, -0.2) is 0 Å². The summed E-state index contributed by atoms with van der Waals surface area (Å²) in [6.45, 7) is 1.12. The highest BCUT2D eigenvalue weighted by molar-refractivity contribution is 7.09. The van der Waals surface area contributed by atoms with Gasteiger partial charge in [0, 0.05) is 52.9 Å². The van der Waals surface area contributed by atoms with E-state index in [-0.39, 0.29) is 0 Å². The predicted octanol–water partition coefficient (Wildman–Crippen LogP) is 7.49. The summed E-state index contributed by atoms with van der Waals surface area (Å²) in [4.78, 5) is 8.48. The zero-order valence-electron chi connectivity index (χ0n) is 19.1. The molecule has 2 aromatic heterocycles. The number of piperidine rings is 1. The van der Waals surface area contributed by atoms with Crippen molar-refractivity contribution in [2.75, 3.05) is 0 Å². The highest BCUT2D eigenvalue weighted by Crippen LogP contribution is 2.53. The van der Waals surface area contributed by atoms with Crippen LogP contribution in [0.1, 0.15) is 47.6 Å². The lowest BCUT2D eigenvalue weighted by atomic mass is 9.72. The Morgan fingerprint density at radius 2 is 1.62 bits per heavy atom. The quantitative estimate of drug-likeness (QED) is 0.313. The molecule has 4 heteroatoms. The van der Waals surface area contributed by atoms with E-state index in [1.54, 1.807) is 0 Å². The van der Waals surface area contributed by atoms with Gasteiger partial charge >= 0.3 is 0 Å². The smallest absolute Gasteiger partial charge is 0.131 e. The van der Waals surface area contributed by atoms with E-state index in [2.05, 4.69) is 82.0 Å².